The van der Waals surface area contributed by atoms with E-state index in [9.17, 15) is 0 Å². The van der Waals surface area contributed by atoms with Crippen molar-refractivity contribution in [3.05, 3.63) is 23.8 Å². The maximum absolute atomic E-state index is 6.04. The van der Waals surface area contributed by atoms with Crippen molar-refractivity contribution < 1.29 is 4.74 Å². The third-order valence-electron chi connectivity index (χ3n) is 3.70. The number of rotatable bonds is 3. The van der Waals surface area contributed by atoms with Crippen LogP contribution in [0.25, 0.3) is 0 Å². The summed E-state index contributed by atoms with van der Waals surface area (Å²) in [6.45, 7) is 6.44. The van der Waals surface area contributed by atoms with Gasteiger partial charge in [-0.15, -0.1) is 0 Å². The number of hydrogen-bond acceptors (Lipinski definition) is 3. The Balaban J connectivity index is 1.68. The van der Waals surface area contributed by atoms with E-state index in [2.05, 4.69) is 42.4 Å². The normalized spacial score (nSPS) is 21.5. The summed E-state index contributed by atoms with van der Waals surface area (Å²) in [7, 11) is 2.16. The monoisotopic (exact) mass is 232 g/mol. The van der Waals surface area contributed by atoms with Crippen LogP contribution in [0.5, 0.6) is 5.75 Å². The van der Waals surface area contributed by atoms with Crippen LogP contribution in [0.15, 0.2) is 18.2 Å². The standard InChI is InChI=1S/C14H20N2O/c1-14(8-16(2)9-14)10-17-13-5-3-4-12-11(13)6-7-15-12/h3-5,15H,6-10H2,1-2H3. The van der Waals surface area contributed by atoms with E-state index in [0.717, 1.165) is 38.4 Å². The lowest BCUT2D eigenvalue weighted by Crippen LogP contribution is -2.55. The van der Waals surface area contributed by atoms with Gasteiger partial charge in [0, 0.05) is 36.3 Å². The van der Waals surface area contributed by atoms with Crippen molar-refractivity contribution in [2.24, 2.45) is 5.41 Å². The van der Waals surface area contributed by atoms with Crippen LogP contribution >= 0.6 is 0 Å². The molecule has 1 fully saturated rings. The van der Waals surface area contributed by atoms with Crippen LogP contribution in [-0.4, -0.2) is 38.2 Å². The Labute approximate surface area is 103 Å². The SMILES string of the molecule is CN1CC(C)(COc2cccc3c2CCN3)C1. The van der Waals surface area contributed by atoms with Crippen LogP contribution in [0.3, 0.4) is 0 Å². The first-order valence-corrected chi connectivity index (χ1v) is 6.33. The minimum Gasteiger partial charge on any atom is -0.493 e. The molecule has 3 nitrogen and oxygen atoms in total. The van der Waals surface area contributed by atoms with Gasteiger partial charge in [0.2, 0.25) is 0 Å². The largest absolute Gasteiger partial charge is 0.493 e. The number of hydrogen-bond donors (Lipinski definition) is 1. The molecule has 0 bridgehead atoms. The van der Waals surface area contributed by atoms with Crippen molar-refractivity contribution in [2.45, 2.75) is 13.3 Å². The van der Waals surface area contributed by atoms with Crippen molar-refractivity contribution in [3.8, 4) is 5.75 Å². The van der Waals surface area contributed by atoms with Crippen LogP contribution in [-0.2, 0) is 6.42 Å². The summed E-state index contributed by atoms with van der Waals surface area (Å²) in [4.78, 5) is 2.33. The summed E-state index contributed by atoms with van der Waals surface area (Å²) in [5.74, 6) is 1.07. The Morgan fingerprint density at radius 3 is 3.00 bits per heavy atom. The summed E-state index contributed by atoms with van der Waals surface area (Å²) in [5.41, 5.74) is 2.94. The highest BCUT2D eigenvalue weighted by molar-refractivity contribution is 5.61. The van der Waals surface area contributed by atoms with Crippen molar-refractivity contribution in [1.82, 2.24) is 4.90 Å². The van der Waals surface area contributed by atoms with Crippen molar-refractivity contribution >= 4 is 5.69 Å². The van der Waals surface area contributed by atoms with Crippen LogP contribution in [0.4, 0.5) is 5.69 Å². The van der Waals surface area contributed by atoms with Gasteiger partial charge in [0.25, 0.3) is 0 Å². The predicted molar refractivity (Wildman–Crippen MR) is 69.7 cm³/mol. The third-order valence-corrected chi connectivity index (χ3v) is 3.70. The molecule has 0 aliphatic carbocycles. The van der Waals surface area contributed by atoms with Crippen molar-refractivity contribution in [2.75, 3.05) is 38.6 Å². The molecule has 1 saturated heterocycles. The van der Waals surface area contributed by atoms with Gasteiger partial charge < -0.3 is 15.0 Å². The molecule has 1 N–H and O–H groups in total. The Morgan fingerprint density at radius 1 is 1.41 bits per heavy atom. The van der Waals surface area contributed by atoms with E-state index in [0.29, 0.717) is 5.41 Å². The van der Waals surface area contributed by atoms with Gasteiger partial charge in [0.1, 0.15) is 5.75 Å². The van der Waals surface area contributed by atoms with Crippen LogP contribution < -0.4 is 10.1 Å². The summed E-state index contributed by atoms with van der Waals surface area (Å²) in [5, 5.41) is 3.38. The minimum absolute atomic E-state index is 0.337. The van der Waals surface area contributed by atoms with E-state index in [-0.39, 0.29) is 0 Å². The second-order valence-electron chi connectivity index (χ2n) is 5.73. The van der Waals surface area contributed by atoms with Crippen LogP contribution in [0.1, 0.15) is 12.5 Å². The fraction of sp³-hybridized carbons (Fsp3) is 0.571. The van der Waals surface area contributed by atoms with E-state index in [1.807, 2.05) is 0 Å². The average Bonchev–Trinajstić information content (AvgIpc) is 2.72. The van der Waals surface area contributed by atoms with Gasteiger partial charge in [0.15, 0.2) is 0 Å². The second-order valence-corrected chi connectivity index (χ2v) is 5.73. The van der Waals surface area contributed by atoms with Crippen LogP contribution in [0, 0.1) is 5.41 Å². The molecule has 0 radical (unpaired) electrons. The maximum atomic E-state index is 6.04. The second kappa shape index (κ2) is 3.91. The smallest absolute Gasteiger partial charge is 0.124 e. The molecule has 0 saturated carbocycles. The van der Waals surface area contributed by atoms with Gasteiger partial charge in [-0.2, -0.15) is 0 Å². The maximum Gasteiger partial charge on any atom is 0.124 e. The van der Waals surface area contributed by atoms with Gasteiger partial charge in [-0.3, -0.25) is 0 Å². The van der Waals surface area contributed by atoms with Gasteiger partial charge in [-0.1, -0.05) is 13.0 Å². The molecule has 0 spiro atoms. The molecular weight excluding hydrogens is 212 g/mol. The molecule has 3 rings (SSSR count). The van der Waals surface area contributed by atoms with Crippen molar-refractivity contribution in [3.63, 3.8) is 0 Å². The van der Waals surface area contributed by atoms with Gasteiger partial charge in [-0.05, 0) is 25.6 Å². The number of anilines is 1. The molecule has 0 aromatic heterocycles. The van der Waals surface area contributed by atoms with Gasteiger partial charge >= 0.3 is 0 Å². The zero-order valence-electron chi connectivity index (χ0n) is 10.6. The minimum atomic E-state index is 0.337. The lowest BCUT2D eigenvalue weighted by atomic mass is 9.83. The average molecular weight is 232 g/mol. The molecule has 0 atom stereocenters. The molecular formula is C14H20N2O. The van der Waals surface area contributed by atoms with E-state index in [1.165, 1.54) is 11.3 Å². The number of nitrogens with one attached hydrogen (secondary N) is 1. The summed E-state index contributed by atoms with van der Waals surface area (Å²) >= 11 is 0. The molecule has 2 aliphatic rings. The number of fused-ring (bicyclic) bond motifs is 1. The van der Waals surface area contributed by atoms with Gasteiger partial charge in [0.05, 0.1) is 6.61 Å². The Hall–Kier alpha value is -1.22. The fourth-order valence-corrected chi connectivity index (χ4v) is 3.05. The molecule has 2 aliphatic heterocycles. The molecule has 92 valence electrons. The zero-order valence-corrected chi connectivity index (χ0v) is 10.6. The quantitative estimate of drug-likeness (QED) is 0.862. The first kappa shape index (κ1) is 10.9. The van der Waals surface area contributed by atoms with Gasteiger partial charge in [-0.25, -0.2) is 0 Å². The number of likely N-dealkylation sites (tertiary alicyclic amines) is 1. The number of nitrogens with zero attached hydrogens (tertiary/aromatic N) is 1. The first-order chi connectivity index (χ1) is 8.16. The Morgan fingerprint density at radius 2 is 2.24 bits per heavy atom. The zero-order chi connectivity index (χ0) is 11.9. The van der Waals surface area contributed by atoms with Crippen molar-refractivity contribution in [1.29, 1.82) is 0 Å². The fourth-order valence-electron chi connectivity index (χ4n) is 3.05. The predicted octanol–water partition coefficient (Wildman–Crippen LogP) is 1.99. The molecule has 1 aromatic carbocycles. The number of benzene rings is 1. The molecule has 0 unspecified atom stereocenters. The summed E-state index contributed by atoms with van der Waals surface area (Å²) in [6, 6.07) is 6.30. The van der Waals surface area contributed by atoms with E-state index < -0.39 is 0 Å². The van der Waals surface area contributed by atoms with E-state index in [1.54, 1.807) is 0 Å². The lowest BCUT2D eigenvalue weighted by Gasteiger charge is -2.45. The lowest BCUT2D eigenvalue weighted by molar-refractivity contribution is -0.00155. The third kappa shape index (κ3) is 2.00. The summed E-state index contributed by atoms with van der Waals surface area (Å²) in [6.07, 6.45) is 1.09. The topological polar surface area (TPSA) is 24.5 Å². The highest BCUT2D eigenvalue weighted by Crippen LogP contribution is 2.34. The Bertz CT molecular complexity index is 424. The Kier molecular flexibility index (Phi) is 2.51. The van der Waals surface area contributed by atoms with E-state index >= 15 is 0 Å². The highest BCUT2D eigenvalue weighted by atomic mass is 16.5. The molecule has 0 amide bonds. The van der Waals surface area contributed by atoms with Crippen LogP contribution in [0.2, 0.25) is 0 Å². The highest BCUT2D eigenvalue weighted by Gasteiger charge is 2.37. The molecule has 3 heteroatoms. The summed E-state index contributed by atoms with van der Waals surface area (Å²) < 4.78 is 6.04. The van der Waals surface area contributed by atoms with E-state index in [4.69, 9.17) is 4.74 Å². The molecule has 2 heterocycles. The molecule has 1 aromatic rings. The first-order valence-electron chi connectivity index (χ1n) is 6.33. The molecule has 17 heavy (non-hydrogen) atoms. The number of ether oxygens (including phenoxy) is 1.